The molecule has 2 N–H and O–H groups in total. The van der Waals surface area contributed by atoms with Gasteiger partial charge in [0.1, 0.15) is 0 Å². The van der Waals surface area contributed by atoms with Crippen molar-refractivity contribution in [2.24, 2.45) is 5.73 Å². The van der Waals surface area contributed by atoms with Crippen molar-refractivity contribution < 1.29 is 8.42 Å². The first-order valence-corrected chi connectivity index (χ1v) is 7.87. The van der Waals surface area contributed by atoms with Crippen molar-refractivity contribution in [2.75, 3.05) is 6.26 Å². The fourth-order valence-electron chi connectivity index (χ4n) is 1.80. The van der Waals surface area contributed by atoms with Gasteiger partial charge in [-0.1, -0.05) is 36.2 Å². The van der Waals surface area contributed by atoms with Crippen LogP contribution in [0.15, 0.2) is 18.2 Å². The number of rotatable bonds is 4. The largest absolute Gasteiger partial charge is 0.323 e. The van der Waals surface area contributed by atoms with Gasteiger partial charge in [0.2, 0.25) is 0 Å². The van der Waals surface area contributed by atoms with Crippen molar-refractivity contribution in [3.8, 4) is 0 Å². The molecule has 17 heavy (non-hydrogen) atoms. The monoisotopic (exact) mass is 295 g/mol. The van der Waals surface area contributed by atoms with Crippen LogP contribution in [0.2, 0.25) is 10.0 Å². The minimum absolute atomic E-state index is 0.395. The Morgan fingerprint density at radius 3 is 2.35 bits per heavy atom. The van der Waals surface area contributed by atoms with Crippen molar-refractivity contribution >= 4 is 33.0 Å². The SMILES string of the molecule is CC[C@@H]([C@H](N)c1ccc(Cl)cc1Cl)S(C)(=O)=O. The molecule has 0 radical (unpaired) electrons. The van der Waals surface area contributed by atoms with Crippen LogP contribution in [0.4, 0.5) is 0 Å². The molecule has 0 fully saturated rings. The van der Waals surface area contributed by atoms with Gasteiger partial charge >= 0.3 is 0 Å². The van der Waals surface area contributed by atoms with Gasteiger partial charge in [-0.25, -0.2) is 8.42 Å². The summed E-state index contributed by atoms with van der Waals surface area (Å²) in [6, 6.07) is 4.24. The van der Waals surface area contributed by atoms with Gasteiger partial charge in [-0.15, -0.1) is 0 Å². The quantitative estimate of drug-likeness (QED) is 0.929. The van der Waals surface area contributed by atoms with Crippen LogP contribution >= 0.6 is 23.2 Å². The Balaban J connectivity index is 3.15. The number of hydrogen-bond donors (Lipinski definition) is 1. The number of nitrogens with two attached hydrogens (primary N) is 1. The van der Waals surface area contributed by atoms with Gasteiger partial charge in [0, 0.05) is 22.3 Å². The lowest BCUT2D eigenvalue weighted by Gasteiger charge is -2.22. The molecule has 0 heterocycles. The summed E-state index contributed by atoms with van der Waals surface area (Å²) in [5, 5.41) is 0.256. The summed E-state index contributed by atoms with van der Waals surface area (Å²) in [7, 11) is -3.21. The van der Waals surface area contributed by atoms with Crippen LogP contribution in [0.1, 0.15) is 24.9 Å². The van der Waals surface area contributed by atoms with Crippen molar-refractivity contribution in [1.82, 2.24) is 0 Å². The Kier molecular flexibility index (Phi) is 4.84. The summed E-state index contributed by atoms with van der Waals surface area (Å²) in [6.07, 6.45) is 1.63. The van der Waals surface area contributed by atoms with Gasteiger partial charge < -0.3 is 5.73 Å². The van der Waals surface area contributed by atoms with Crippen LogP contribution in [0.25, 0.3) is 0 Å². The molecule has 3 nitrogen and oxygen atoms in total. The summed E-state index contributed by atoms with van der Waals surface area (Å²) in [5.41, 5.74) is 6.59. The summed E-state index contributed by atoms with van der Waals surface area (Å²) >= 11 is 11.8. The smallest absolute Gasteiger partial charge is 0.152 e. The van der Waals surface area contributed by atoms with E-state index < -0.39 is 21.1 Å². The number of halogens is 2. The Morgan fingerprint density at radius 1 is 1.35 bits per heavy atom. The van der Waals surface area contributed by atoms with Crippen LogP contribution in [-0.4, -0.2) is 19.9 Å². The lowest BCUT2D eigenvalue weighted by atomic mass is 10.0. The molecule has 6 heteroatoms. The van der Waals surface area contributed by atoms with Gasteiger partial charge in [0.15, 0.2) is 9.84 Å². The van der Waals surface area contributed by atoms with E-state index in [2.05, 4.69) is 0 Å². The standard InChI is InChI=1S/C11H15Cl2NO2S/c1-3-10(17(2,15)16)11(14)8-5-4-7(12)6-9(8)13/h4-6,10-11H,3,14H2,1-2H3/t10-,11+/m0/s1. The van der Waals surface area contributed by atoms with Gasteiger partial charge in [0.25, 0.3) is 0 Å². The van der Waals surface area contributed by atoms with Crippen LogP contribution in [-0.2, 0) is 9.84 Å². The average molecular weight is 296 g/mol. The first kappa shape index (κ1) is 14.8. The zero-order valence-corrected chi connectivity index (χ0v) is 12.0. The molecular formula is C11H15Cl2NO2S. The van der Waals surface area contributed by atoms with E-state index in [1.807, 2.05) is 0 Å². The highest BCUT2D eigenvalue weighted by Crippen LogP contribution is 2.29. The molecule has 1 aromatic carbocycles. The van der Waals surface area contributed by atoms with Gasteiger partial charge in [-0.2, -0.15) is 0 Å². The maximum Gasteiger partial charge on any atom is 0.152 e. The van der Waals surface area contributed by atoms with Crippen LogP contribution in [0.3, 0.4) is 0 Å². The number of hydrogen-bond acceptors (Lipinski definition) is 3. The lowest BCUT2D eigenvalue weighted by molar-refractivity contribution is 0.553. The van der Waals surface area contributed by atoms with Crippen LogP contribution in [0.5, 0.6) is 0 Å². The van der Waals surface area contributed by atoms with Gasteiger partial charge in [-0.3, -0.25) is 0 Å². The highest BCUT2D eigenvalue weighted by atomic mass is 35.5. The highest BCUT2D eigenvalue weighted by Gasteiger charge is 2.28. The molecule has 1 aromatic rings. The molecule has 0 aliphatic rings. The van der Waals surface area contributed by atoms with E-state index in [-0.39, 0.29) is 0 Å². The fourth-order valence-corrected chi connectivity index (χ4v) is 3.61. The van der Waals surface area contributed by atoms with E-state index in [1.165, 1.54) is 6.26 Å². The number of benzene rings is 1. The molecule has 0 spiro atoms. The molecule has 2 atom stereocenters. The average Bonchev–Trinajstić information content (AvgIpc) is 2.15. The van der Waals surface area contributed by atoms with Crippen molar-refractivity contribution in [3.05, 3.63) is 33.8 Å². The third-order valence-electron chi connectivity index (χ3n) is 2.67. The summed E-state index contributed by atoms with van der Waals surface area (Å²) in [4.78, 5) is 0. The third-order valence-corrected chi connectivity index (χ3v) is 4.96. The molecular weight excluding hydrogens is 281 g/mol. The van der Waals surface area contributed by atoms with Crippen LogP contribution in [0, 0.1) is 0 Å². The molecule has 0 saturated carbocycles. The highest BCUT2D eigenvalue weighted by molar-refractivity contribution is 7.91. The topological polar surface area (TPSA) is 60.2 Å². The summed E-state index contributed by atoms with van der Waals surface area (Å²) in [6.45, 7) is 1.79. The molecule has 96 valence electrons. The number of sulfone groups is 1. The summed E-state index contributed by atoms with van der Waals surface area (Å²) < 4.78 is 23.2. The zero-order chi connectivity index (χ0) is 13.2. The molecule has 0 aliphatic carbocycles. The molecule has 0 aliphatic heterocycles. The van der Waals surface area contributed by atoms with Crippen molar-refractivity contribution in [3.63, 3.8) is 0 Å². The van der Waals surface area contributed by atoms with E-state index in [0.717, 1.165) is 0 Å². The summed E-state index contributed by atoms with van der Waals surface area (Å²) in [5.74, 6) is 0. The van der Waals surface area contributed by atoms with Gasteiger partial charge in [0.05, 0.1) is 5.25 Å². The van der Waals surface area contributed by atoms with Crippen molar-refractivity contribution in [2.45, 2.75) is 24.6 Å². The zero-order valence-electron chi connectivity index (χ0n) is 9.65. The van der Waals surface area contributed by atoms with Gasteiger partial charge in [-0.05, 0) is 24.1 Å². The second kappa shape index (κ2) is 5.57. The second-order valence-electron chi connectivity index (χ2n) is 3.97. The predicted octanol–water partition coefficient (Wildman–Crippen LogP) is 2.82. The van der Waals surface area contributed by atoms with E-state index in [0.29, 0.717) is 22.0 Å². The van der Waals surface area contributed by atoms with Crippen LogP contribution < -0.4 is 5.73 Å². The third kappa shape index (κ3) is 3.58. The normalized spacial score (nSPS) is 15.6. The Bertz CT molecular complexity index is 502. The second-order valence-corrected chi connectivity index (χ2v) is 7.08. The molecule has 0 aromatic heterocycles. The van der Waals surface area contributed by atoms with E-state index in [1.54, 1.807) is 25.1 Å². The first-order chi connectivity index (χ1) is 7.77. The molecule has 0 bridgehead atoms. The molecule has 1 rings (SSSR count). The Morgan fingerprint density at radius 2 is 1.94 bits per heavy atom. The Labute approximate surface area is 112 Å². The molecule has 0 unspecified atom stereocenters. The van der Waals surface area contributed by atoms with E-state index >= 15 is 0 Å². The minimum atomic E-state index is -3.21. The van der Waals surface area contributed by atoms with E-state index in [9.17, 15) is 8.42 Å². The molecule has 0 saturated heterocycles. The predicted molar refractivity (Wildman–Crippen MR) is 72.3 cm³/mol. The first-order valence-electron chi connectivity index (χ1n) is 5.16. The maximum atomic E-state index is 11.6. The maximum absolute atomic E-state index is 11.6. The lowest BCUT2D eigenvalue weighted by Crippen LogP contribution is -2.32. The minimum Gasteiger partial charge on any atom is -0.323 e. The van der Waals surface area contributed by atoms with E-state index in [4.69, 9.17) is 28.9 Å². The van der Waals surface area contributed by atoms with Crippen molar-refractivity contribution in [1.29, 1.82) is 0 Å². The fraction of sp³-hybridized carbons (Fsp3) is 0.455. The Hall–Kier alpha value is -0.290. The molecule has 0 amide bonds.